The number of amides is 1. The van der Waals surface area contributed by atoms with Crippen LogP contribution < -0.4 is 9.64 Å². The lowest BCUT2D eigenvalue weighted by molar-refractivity contribution is -0.114. The number of ether oxygens (including phenoxy) is 1. The van der Waals surface area contributed by atoms with Crippen LogP contribution in [0.15, 0.2) is 54.7 Å². The summed E-state index contributed by atoms with van der Waals surface area (Å²) in [6.45, 7) is 1.76. The summed E-state index contributed by atoms with van der Waals surface area (Å²) in [5.74, 6) is 0.824. The van der Waals surface area contributed by atoms with E-state index in [1.54, 1.807) is 29.3 Å². The summed E-state index contributed by atoms with van der Waals surface area (Å²) >= 11 is 6.25. The predicted molar refractivity (Wildman–Crippen MR) is 129 cm³/mol. The monoisotopic (exact) mass is 451 g/mol. The van der Waals surface area contributed by atoms with Crippen molar-refractivity contribution in [3.63, 3.8) is 0 Å². The number of hydrogen-bond donors (Lipinski definition) is 1. The van der Waals surface area contributed by atoms with Gasteiger partial charge in [0.25, 0.3) is 5.91 Å². The van der Waals surface area contributed by atoms with Gasteiger partial charge in [-0.25, -0.2) is 0 Å². The molecule has 1 N–H and O–H groups in total. The molecule has 32 heavy (non-hydrogen) atoms. The van der Waals surface area contributed by atoms with Crippen molar-refractivity contribution in [3.8, 4) is 11.5 Å². The Morgan fingerprint density at radius 1 is 1.31 bits per heavy atom. The molecule has 1 amide bonds. The van der Waals surface area contributed by atoms with Crippen molar-refractivity contribution in [2.45, 2.75) is 5.92 Å². The largest absolute Gasteiger partial charge is 0.504 e. The number of nitrogens with zero attached hydrogens (tertiary/aromatic N) is 3. The number of likely N-dealkylation sites (N-methyl/N-ethyl adjacent to an activating group) is 1. The molecule has 7 heteroatoms. The average Bonchev–Trinajstić information content (AvgIpc) is 3.18. The zero-order valence-electron chi connectivity index (χ0n) is 18.2. The van der Waals surface area contributed by atoms with Gasteiger partial charge in [-0.1, -0.05) is 12.1 Å². The van der Waals surface area contributed by atoms with Crippen molar-refractivity contribution in [1.82, 2.24) is 9.88 Å². The number of aromatic hydroxyl groups is 1. The molecule has 6 nitrogen and oxygen atoms in total. The van der Waals surface area contributed by atoms with Crippen LogP contribution in [0, 0.1) is 0 Å². The normalized spacial score (nSPS) is 15.6. The third-order valence-corrected chi connectivity index (χ3v) is 5.93. The van der Waals surface area contributed by atoms with E-state index in [1.165, 1.54) is 6.08 Å². The molecule has 0 saturated heterocycles. The molecule has 0 spiro atoms. The highest BCUT2D eigenvalue weighted by Crippen LogP contribution is 2.41. The zero-order valence-corrected chi connectivity index (χ0v) is 18.9. The Hall–Kier alpha value is -3.09. The number of rotatable bonds is 7. The summed E-state index contributed by atoms with van der Waals surface area (Å²) in [5, 5.41) is 11.3. The Bertz CT molecular complexity index is 1160. The van der Waals surface area contributed by atoms with Crippen molar-refractivity contribution in [2.75, 3.05) is 44.6 Å². The fourth-order valence-corrected chi connectivity index (χ4v) is 4.18. The molecule has 0 aliphatic carbocycles. The second kappa shape index (κ2) is 9.59. The molecule has 2 aromatic carbocycles. The number of aromatic nitrogens is 1. The first kappa shape index (κ1) is 22.1. The SMILES string of the molecule is CN(C)CCOc1ccc(C=CC(=O)N2CC(CCl)c3c2ccc2ncccc32)cc1O. The maximum Gasteiger partial charge on any atom is 0.251 e. The maximum absolute atomic E-state index is 13.0. The molecular weight excluding hydrogens is 426 g/mol. The highest BCUT2D eigenvalue weighted by atomic mass is 35.5. The van der Waals surface area contributed by atoms with Gasteiger partial charge in [-0.3, -0.25) is 9.78 Å². The van der Waals surface area contributed by atoms with Gasteiger partial charge in [-0.05, 0) is 61.6 Å². The van der Waals surface area contributed by atoms with Gasteiger partial charge in [0, 0.05) is 48.2 Å². The van der Waals surface area contributed by atoms with Crippen LogP contribution in [0.4, 0.5) is 5.69 Å². The Morgan fingerprint density at radius 3 is 2.91 bits per heavy atom. The third kappa shape index (κ3) is 4.56. The van der Waals surface area contributed by atoms with Gasteiger partial charge in [0.15, 0.2) is 11.5 Å². The van der Waals surface area contributed by atoms with Crippen molar-refractivity contribution >= 4 is 40.2 Å². The maximum atomic E-state index is 13.0. The van der Waals surface area contributed by atoms with Crippen LogP contribution in [0.2, 0.25) is 0 Å². The minimum absolute atomic E-state index is 0.0473. The lowest BCUT2D eigenvalue weighted by atomic mass is 9.98. The minimum atomic E-state index is -0.132. The van der Waals surface area contributed by atoms with Gasteiger partial charge < -0.3 is 19.6 Å². The Labute approximate surface area is 192 Å². The Balaban J connectivity index is 1.51. The van der Waals surface area contributed by atoms with Crippen LogP contribution in [0.1, 0.15) is 17.0 Å². The number of pyridine rings is 1. The van der Waals surface area contributed by atoms with Gasteiger partial charge in [0.1, 0.15) is 6.61 Å². The Morgan fingerprint density at radius 2 is 2.16 bits per heavy atom. The van der Waals surface area contributed by atoms with E-state index in [1.807, 2.05) is 49.3 Å². The third-order valence-electron chi connectivity index (χ3n) is 5.56. The van der Waals surface area contributed by atoms with Crippen molar-refractivity contribution in [3.05, 3.63) is 65.9 Å². The molecule has 1 aliphatic rings. The van der Waals surface area contributed by atoms with Crippen LogP contribution in [0.5, 0.6) is 11.5 Å². The zero-order chi connectivity index (χ0) is 22.7. The smallest absolute Gasteiger partial charge is 0.251 e. The van der Waals surface area contributed by atoms with Gasteiger partial charge in [-0.15, -0.1) is 11.6 Å². The van der Waals surface area contributed by atoms with Crippen LogP contribution in [0.25, 0.3) is 17.0 Å². The molecule has 3 aromatic rings. The minimum Gasteiger partial charge on any atom is -0.504 e. The lowest BCUT2D eigenvalue weighted by Gasteiger charge is -2.15. The molecule has 0 saturated carbocycles. The van der Waals surface area contributed by atoms with E-state index < -0.39 is 0 Å². The molecular formula is C25H26ClN3O3. The molecule has 0 fully saturated rings. The number of fused-ring (bicyclic) bond motifs is 3. The van der Waals surface area contributed by atoms with E-state index >= 15 is 0 Å². The molecule has 1 aliphatic heterocycles. The van der Waals surface area contributed by atoms with E-state index in [0.717, 1.165) is 28.7 Å². The van der Waals surface area contributed by atoms with Crippen molar-refractivity contribution in [1.29, 1.82) is 0 Å². The number of phenols is 1. The first-order valence-corrected chi connectivity index (χ1v) is 11.0. The molecule has 4 rings (SSSR count). The van der Waals surface area contributed by atoms with E-state index in [2.05, 4.69) is 4.98 Å². The van der Waals surface area contributed by atoms with Crippen molar-refractivity contribution in [2.24, 2.45) is 0 Å². The lowest BCUT2D eigenvalue weighted by Crippen LogP contribution is -2.28. The molecule has 1 aromatic heterocycles. The number of hydrogen-bond acceptors (Lipinski definition) is 5. The number of benzene rings is 2. The fraction of sp³-hybridized carbons (Fsp3) is 0.280. The van der Waals surface area contributed by atoms with Gasteiger partial charge in [-0.2, -0.15) is 0 Å². The number of alkyl halides is 1. The summed E-state index contributed by atoms with van der Waals surface area (Å²) in [4.78, 5) is 21.2. The van der Waals surface area contributed by atoms with Gasteiger partial charge in [0.2, 0.25) is 0 Å². The second-order valence-electron chi connectivity index (χ2n) is 8.08. The number of carbonyl (C=O) groups is 1. The molecule has 1 unspecified atom stereocenters. The van der Waals surface area contributed by atoms with Crippen LogP contribution in [-0.4, -0.2) is 60.6 Å². The molecule has 0 radical (unpaired) electrons. The van der Waals surface area contributed by atoms with Gasteiger partial charge in [0.05, 0.1) is 5.52 Å². The van der Waals surface area contributed by atoms with Crippen LogP contribution >= 0.6 is 11.6 Å². The molecule has 2 heterocycles. The predicted octanol–water partition coefficient (Wildman–Crippen LogP) is 4.26. The summed E-state index contributed by atoms with van der Waals surface area (Å²) in [7, 11) is 3.92. The molecule has 1 atom stereocenters. The van der Waals surface area contributed by atoms with Gasteiger partial charge >= 0.3 is 0 Å². The first-order chi connectivity index (χ1) is 15.5. The van der Waals surface area contributed by atoms with E-state index in [-0.39, 0.29) is 17.6 Å². The summed E-state index contributed by atoms with van der Waals surface area (Å²) in [6, 6.07) is 12.9. The van der Waals surface area contributed by atoms with Crippen molar-refractivity contribution < 1.29 is 14.6 Å². The Kier molecular flexibility index (Phi) is 6.63. The van der Waals surface area contributed by atoms with Crippen LogP contribution in [0.3, 0.4) is 0 Å². The summed E-state index contributed by atoms with van der Waals surface area (Å²) < 4.78 is 5.60. The molecule has 166 valence electrons. The first-order valence-electron chi connectivity index (χ1n) is 10.5. The fourth-order valence-electron chi connectivity index (χ4n) is 3.93. The highest BCUT2D eigenvalue weighted by Gasteiger charge is 2.32. The van der Waals surface area contributed by atoms with Crippen LogP contribution in [-0.2, 0) is 4.79 Å². The highest BCUT2D eigenvalue weighted by molar-refractivity contribution is 6.19. The molecule has 0 bridgehead atoms. The topological polar surface area (TPSA) is 65.9 Å². The number of anilines is 1. The number of phenolic OH excluding ortho intramolecular Hbond substituents is 1. The average molecular weight is 452 g/mol. The quantitative estimate of drug-likeness (QED) is 0.429. The van der Waals surface area contributed by atoms with E-state index in [9.17, 15) is 9.90 Å². The number of carbonyl (C=O) groups excluding carboxylic acids is 1. The second-order valence-corrected chi connectivity index (χ2v) is 8.39. The summed E-state index contributed by atoms with van der Waals surface area (Å²) in [6.07, 6.45) is 4.98. The van der Waals surface area contributed by atoms with E-state index in [4.69, 9.17) is 16.3 Å². The standard InChI is InChI=1S/C25H26ClN3O3/c1-28(2)12-13-32-23-9-5-17(14-22(23)30)6-10-24(31)29-16-18(15-26)25-19-4-3-11-27-20(19)7-8-21(25)29/h3-11,14,18,30H,12-13,15-16H2,1-2H3. The summed E-state index contributed by atoms with van der Waals surface area (Å²) in [5.41, 5.74) is 3.56. The van der Waals surface area contributed by atoms with E-state index in [0.29, 0.717) is 30.3 Å². The number of halogens is 1.